The van der Waals surface area contributed by atoms with E-state index in [0.717, 1.165) is 40.7 Å². The van der Waals surface area contributed by atoms with Gasteiger partial charge in [-0.1, -0.05) is 77.9 Å². The maximum Gasteiger partial charge on any atom is 0.241 e. The standard InChI is InChI=1S/2C21H22N2O2S/c2*1-21(2,3)18-20(25)23(4)19(22-18)12-9-10-16-14(11-12)17(24)13-7-5-6-8-15(13)26-16/h2*5-11,18-19,22H,1-4H3/t2*18-,19-/m11/s1. The molecule has 0 saturated carbocycles. The number of nitrogens with one attached hydrogen (secondary N) is 2. The number of hydrogen-bond donors (Lipinski definition) is 2. The quantitative estimate of drug-likeness (QED) is 0.177. The fraction of sp³-hybridized carbons (Fsp3) is 0.333. The van der Waals surface area contributed by atoms with E-state index in [0.29, 0.717) is 10.8 Å². The molecular formula is C42H44N4O4S2. The summed E-state index contributed by atoms with van der Waals surface area (Å²) < 4.78 is 3.93. The van der Waals surface area contributed by atoms with Gasteiger partial charge in [0.25, 0.3) is 0 Å². The summed E-state index contributed by atoms with van der Waals surface area (Å²) in [5.41, 5.74) is 1.66. The second kappa shape index (κ2) is 13.2. The molecule has 8 nitrogen and oxygen atoms in total. The second-order valence-electron chi connectivity index (χ2n) is 16.0. The highest BCUT2D eigenvalue weighted by Gasteiger charge is 2.44. The zero-order valence-electron chi connectivity index (χ0n) is 30.7. The second-order valence-corrected chi connectivity index (χ2v) is 18.2. The Hall–Kier alpha value is -4.48. The van der Waals surface area contributed by atoms with E-state index < -0.39 is 0 Å². The van der Waals surface area contributed by atoms with Gasteiger partial charge in [-0.2, -0.15) is 0 Å². The Kier molecular flexibility index (Phi) is 9.10. The number of likely N-dealkylation sites (N-methyl/N-ethyl adjacent to an activating group) is 2. The van der Waals surface area contributed by atoms with E-state index in [2.05, 4.69) is 52.2 Å². The lowest BCUT2D eigenvalue weighted by Crippen LogP contribution is -2.41. The SMILES string of the molecule is CN1C(=O)[C@H](C(C)(C)C)N[C@H]1c1ccc2sc3ccccc3c(=O)c2c1.CN1C(=O)[C@H](C(C)(C)C)N[C@H]1c1ccc2sc3ccccc3c(=O)c2c1. The van der Waals surface area contributed by atoms with E-state index in [1.54, 1.807) is 32.5 Å². The normalized spacial score (nSPS) is 21.1. The van der Waals surface area contributed by atoms with Gasteiger partial charge in [-0.25, -0.2) is 0 Å². The van der Waals surface area contributed by atoms with Gasteiger partial charge in [0, 0.05) is 54.4 Å². The molecule has 4 aromatic carbocycles. The van der Waals surface area contributed by atoms with E-state index in [-0.39, 0.29) is 57.9 Å². The van der Waals surface area contributed by atoms with Gasteiger partial charge < -0.3 is 9.80 Å². The lowest BCUT2D eigenvalue weighted by atomic mass is 9.87. The maximum atomic E-state index is 12.9. The molecule has 0 bridgehead atoms. The van der Waals surface area contributed by atoms with Crippen molar-refractivity contribution in [2.24, 2.45) is 10.8 Å². The van der Waals surface area contributed by atoms with Crippen molar-refractivity contribution < 1.29 is 9.59 Å². The highest BCUT2D eigenvalue weighted by atomic mass is 32.1. The van der Waals surface area contributed by atoms with E-state index in [1.807, 2.05) is 99.0 Å². The first-order valence-corrected chi connectivity index (χ1v) is 19.1. The number of carbonyl (C=O) groups is 2. The van der Waals surface area contributed by atoms with Crippen LogP contribution < -0.4 is 21.5 Å². The molecule has 2 fully saturated rings. The third-order valence-corrected chi connectivity index (χ3v) is 12.5. The molecule has 0 spiro atoms. The summed E-state index contributed by atoms with van der Waals surface area (Å²) >= 11 is 3.24. The lowest BCUT2D eigenvalue weighted by Gasteiger charge is -2.25. The molecule has 2 aromatic heterocycles. The van der Waals surface area contributed by atoms with Crippen LogP contribution in [0.5, 0.6) is 0 Å². The van der Waals surface area contributed by atoms with Crippen LogP contribution in [0.2, 0.25) is 0 Å². The number of fused-ring (bicyclic) bond motifs is 4. The van der Waals surface area contributed by atoms with Crippen molar-refractivity contribution in [3.8, 4) is 0 Å². The predicted octanol–water partition coefficient (Wildman–Crippen LogP) is 7.78. The molecule has 6 aromatic rings. The average molecular weight is 733 g/mol. The molecule has 4 heterocycles. The van der Waals surface area contributed by atoms with E-state index in [1.165, 1.54) is 0 Å². The average Bonchev–Trinajstić information content (AvgIpc) is 3.59. The molecule has 8 rings (SSSR count). The first-order chi connectivity index (χ1) is 24.5. The minimum Gasteiger partial charge on any atom is -0.325 e. The van der Waals surface area contributed by atoms with Crippen LogP contribution in [-0.4, -0.2) is 47.8 Å². The number of nitrogens with zero attached hydrogens (tertiary/aromatic N) is 2. The topological polar surface area (TPSA) is 98.8 Å². The number of amides is 2. The molecule has 2 saturated heterocycles. The summed E-state index contributed by atoms with van der Waals surface area (Å²) in [6.45, 7) is 12.3. The Morgan fingerprint density at radius 1 is 0.500 bits per heavy atom. The first-order valence-electron chi connectivity index (χ1n) is 17.5. The van der Waals surface area contributed by atoms with Crippen LogP contribution in [0, 0.1) is 10.8 Å². The smallest absolute Gasteiger partial charge is 0.241 e. The summed E-state index contributed by atoms with van der Waals surface area (Å²) in [5, 5.41) is 9.82. The zero-order valence-corrected chi connectivity index (χ0v) is 32.4. The molecule has 268 valence electrons. The molecule has 0 radical (unpaired) electrons. The molecule has 0 unspecified atom stereocenters. The van der Waals surface area contributed by atoms with Gasteiger partial charge >= 0.3 is 0 Å². The summed E-state index contributed by atoms with van der Waals surface area (Å²) in [6, 6.07) is 26.8. The van der Waals surface area contributed by atoms with Crippen LogP contribution in [0.1, 0.15) is 65.0 Å². The van der Waals surface area contributed by atoms with Gasteiger partial charge in [-0.3, -0.25) is 29.8 Å². The van der Waals surface area contributed by atoms with Gasteiger partial charge in [-0.05, 0) is 70.5 Å². The fourth-order valence-electron chi connectivity index (χ4n) is 7.21. The number of hydrogen-bond acceptors (Lipinski definition) is 8. The summed E-state index contributed by atoms with van der Waals surface area (Å²) in [5.74, 6) is 0.178. The van der Waals surface area contributed by atoms with Crippen molar-refractivity contribution in [2.75, 3.05) is 14.1 Å². The zero-order chi connectivity index (χ0) is 37.3. The third kappa shape index (κ3) is 6.32. The van der Waals surface area contributed by atoms with Gasteiger partial charge in [0.05, 0.1) is 12.1 Å². The van der Waals surface area contributed by atoms with Crippen molar-refractivity contribution in [3.05, 3.63) is 117 Å². The number of benzene rings is 4. The lowest BCUT2D eigenvalue weighted by molar-refractivity contribution is -0.131. The minimum absolute atomic E-state index is 0.0514. The highest BCUT2D eigenvalue weighted by Crippen LogP contribution is 2.35. The van der Waals surface area contributed by atoms with E-state index in [9.17, 15) is 19.2 Å². The largest absolute Gasteiger partial charge is 0.325 e. The molecule has 2 aliphatic heterocycles. The van der Waals surface area contributed by atoms with Crippen molar-refractivity contribution in [1.29, 1.82) is 0 Å². The van der Waals surface area contributed by atoms with Gasteiger partial charge in [0.1, 0.15) is 12.3 Å². The monoisotopic (exact) mass is 732 g/mol. The van der Waals surface area contributed by atoms with Crippen LogP contribution in [0.15, 0.2) is 94.5 Å². The Bertz CT molecular complexity index is 2340. The maximum absolute atomic E-state index is 12.9. The van der Waals surface area contributed by atoms with E-state index >= 15 is 0 Å². The molecule has 10 heteroatoms. The Morgan fingerprint density at radius 2 is 0.846 bits per heavy atom. The Morgan fingerprint density at radius 3 is 1.19 bits per heavy atom. The fourth-order valence-corrected chi connectivity index (χ4v) is 9.31. The molecule has 4 atom stereocenters. The third-order valence-electron chi connectivity index (χ3n) is 10.2. The van der Waals surface area contributed by atoms with Crippen molar-refractivity contribution >= 4 is 74.8 Å². The summed E-state index contributed by atoms with van der Waals surface area (Å²) in [7, 11) is 3.63. The van der Waals surface area contributed by atoms with Crippen LogP contribution in [-0.2, 0) is 9.59 Å². The predicted molar refractivity (Wildman–Crippen MR) is 215 cm³/mol. The summed E-state index contributed by atoms with van der Waals surface area (Å²) in [4.78, 5) is 54.6. The Labute approximate surface area is 311 Å². The van der Waals surface area contributed by atoms with Crippen molar-refractivity contribution in [3.63, 3.8) is 0 Å². The molecule has 52 heavy (non-hydrogen) atoms. The Balaban J connectivity index is 0.000000162. The van der Waals surface area contributed by atoms with Gasteiger partial charge in [0.15, 0.2) is 10.9 Å². The molecule has 0 aliphatic carbocycles. The minimum atomic E-state index is -0.237. The molecule has 2 amide bonds. The van der Waals surface area contributed by atoms with Gasteiger partial charge in [0.2, 0.25) is 11.8 Å². The first kappa shape index (κ1) is 35.9. The van der Waals surface area contributed by atoms with E-state index in [4.69, 9.17) is 0 Å². The van der Waals surface area contributed by atoms with Crippen LogP contribution in [0.3, 0.4) is 0 Å². The van der Waals surface area contributed by atoms with Crippen LogP contribution in [0.4, 0.5) is 0 Å². The summed E-state index contributed by atoms with van der Waals surface area (Å²) in [6.07, 6.45) is -0.431. The van der Waals surface area contributed by atoms with Gasteiger partial charge in [-0.15, -0.1) is 22.7 Å². The van der Waals surface area contributed by atoms with Crippen molar-refractivity contribution in [1.82, 2.24) is 20.4 Å². The number of rotatable bonds is 2. The molecular weight excluding hydrogens is 689 g/mol. The molecule has 2 aliphatic rings. The van der Waals surface area contributed by atoms with Crippen LogP contribution >= 0.6 is 22.7 Å². The molecule has 2 N–H and O–H groups in total. The number of carbonyl (C=O) groups excluding carboxylic acids is 2. The van der Waals surface area contributed by atoms with Crippen LogP contribution in [0.25, 0.3) is 40.3 Å². The van der Waals surface area contributed by atoms with Crippen molar-refractivity contribution in [2.45, 2.75) is 66.0 Å². The highest BCUT2D eigenvalue weighted by molar-refractivity contribution is 7.24.